The number of hydrogen-bond donors (Lipinski definition) is 2. The highest BCUT2D eigenvalue weighted by molar-refractivity contribution is 6.62. The molecule has 4 rings (SSSR count). The Balaban J connectivity index is 1.80. The van der Waals surface area contributed by atoms with Crippen LogP contribution in [0.5, 0.6) is 0 Å². The lowest BCUT2D eigenvalue weighted by Crippen LogP contribution is -2.41. The van der Waals surface area contributed by atoms with Crippen LogP contribution in [0, 0.1) is 5.82 Å². The van der Waals surface area contributed by atoms with Gasteiger partial charge in [0, 0.05) is 34.4 Å². The zero-order chi connectivity index (χ0) is 21.1. The van der Waals surface area contributed by atoms with Crippen molar-refractivity contribution >= 4 is 35.8 Å². The van der Waals surface area contributed by atoms with Crippen molar-refractivity contribution in [3.05, 3.63) is 57.9 Å². The summed E-state index contributed by atoms with van der Waals surface area (Å²) in [6.07, 6.45) is 0. The molecule has 8 heteroatoms. The first-order valence-corrected chi connectivity index (χ1v) is 9.89. The van der Waals surface area contributed by atoms with Crippen LogP contribution in [0.2, 0.25) is 5.02 Å². The molecule has 0 aromatic heterocycles. The zero-order valence-corrected chi connectivity index (χ0v) is 17.8. The standard InChI is InChI=1S/C21H23BClFN2O3/c1-20(2)21(3,4)29-22(28-20)11-8-14-17(16(9-11)25-5)18(26-19(14)27)13-10-12(24)6-7-15(13)23/h6-10,18,25H,1-5H3,(H,26,27). The number of amides is 1. The van der Waals surface area contributed by atoms with Crippen LogP contribution >= 0.6 is 11.6 Å². The molecule has 2 aliphatic heterocycles. The molecule has 2 N–H and O–H groups in total. The van der Waals surface area contributed by atoms with E-state index in [-0.39, 0.29) is 5.91 Å². The van der Waals surface area contributed by atoms with Gasteiger partial charge in [-0.2, -0.15) is 0 Å². The first-order valence-electron chi connectivity index (χ1n) is 9.51. The highest BCUT2D eigenvalue weighted by Gasteiger charge is 2.52. The van der Waals surface area contributed by atoms with Crippen molar-refractivity contribution in [3.8, 4) is 0 Å². The van der Waals surface area contributed by atoms with Gasteiger partial charge in [0.05, 0.1) is 17.2 Å². The SMILES string of the molecule is CNc1cc(B2OC(C)(C)C(C)(C)O2)cc2c1C(c1cc(F)ccc1Cl)NC2=O. The molecule has 1 amide bonds. The highest BCUT2D eigenvalue weighted by Crippen LogP contribution is 2.40. The molecule has 29 heavy (non-hydrogen) atoms. The molecule has 0 radical (unpaired) electrons. The van der Waals surface area contributed by atoms with Gasteiger partial charge in [-0.15, -0.1) is 0 Å². The van der Waals surface area contributed by atoms with E-state index in [1.54, 1.807) is 13.1 Å². The normalized spacial score (nSPS) is 21.8. The Bertz CT molecular complexity index is 996. The summed E-state index contributed by atoms with van der Waals surface area (Å²) in [5, 5.41) is 6.45. The largest absolute Gasteiger partial charge is 0.494 e. The number of carbonyl (C=O) groups is 1. The van der Waals surface area contributed by atoms with Crippen molar-refractivity contribution in [1.82, 2.24) is 5.32 Å². The average Bonchev–Trinajstić information content (AvgIpc) is 3.09. The minimum atomic E-state index is -0.595. The van der Waals surface area contributed by atoms with E-state index in [4.69, 9.17) is 20.9 Å². The van der Waals surface area contributed by atoms with Gasteiger partial charge in [0.2, 0.25) is 0 Å². The minimum Gasteiger partial charge on any atom is -0.399 e. The Labute approximate surface area is 175 Å². The molecule has 0 bridgehead atoms. The molecule has 2 aliphatic rings. The van der Waals surface area contributed by atoms with E-state index in [9.17, 15) is 9.18 Å². The fourth-order valence-electron chi connectivity index (χ4n) is 3.75. The molecule has 152 valence electrons. The number of benzene rings is 2. The molecule has 1 atom stereocenters. The molecule has 1 fully saturated rings. The van der Waals surface area contributed by atoms with Gasteiger partial charge in [0.15, 0.2) is 0 Å². The molecule has 1 saturated heterocycles. The fraction of sp³-hybridized carbons (Fsp3) is 0.381. The first kappa shape index (κ1) is 20.2. The lowest BCUT2D eigenvalue weighted by molar-refractivity contribution is 0.00578. The van der Waals surface area contributed by atoms with Crippen LogP contribution in [0.1, 0.15) is 55.2 Å². The summed E-state index contributed by atoms with van der Waals surface area (Å²) in [6.45, 7) is 7.92. The smallest absolute Gasteiger partial charge is 0.399 e. The van der Waals surface area contributed by atoms with Gasteiger partial charge >= 0.3 is 7.12 Å². The Morgan fingerprint density at radius 2 is 1.79 bits per heavy atom. The number of rotatable bonds is 3. The maximum atomic E-state index is 13.9. The molecule has 0 spiro atoms. The third-order valence-electron chi connectivity index (χ3n) is 6.07. The topological polar surface area (TPSA) is 59.6 Å². The maximum Gasteiger partial charge on any atom is 0.494 e. The number of fused-ring (bicyclic) bond motifs is 1. The monoisotopic (exact) mass is 416 g/mol. The van der Waals surface area contributed by atoms with Crippen LogP contribution < -0.4 is 16.1 Å². The predicted octanol–water partition coefficient (Wildman–Crippen LogP) is 3.65. The van der Waals surface area contributed by atoms with Gasteiger partial charge in [0.1, 0.15) is 5.82 Å². The molecule has 2 heterocycles. The molecule has 0 aliphatic carbocycles. The molecule has 0 saturated carbocycles. The average molecular weight is 417 g/mol. The van der Waals surface area contributed by atoms with Gasteiger partial charge in [0.25, 0.3) is 5.91 Å². The lowest BCUT2D eigenvalue weighted by Gasteiger charge is -2.32. The molecular formula is C21H23BClFN2O3. The molecule has 2 aromatic carbocycles. The van der Waals surface area contributed by atoms with Crippen LogP contribution in [-0.2, 0) is 9.31 Å². The summed E-state index contributed by atoms with van der Waals surface area (Å²) in [7, 11) is 1.18. The van der Waals surface area contributed by atoms with Gasteiger partial charge in [-0.25, -0.2) is 4.39 Å². The van der Waals surface area contributed by atoms with E-state index >= 15 is 0 Å². The maximum absolute atomic E-state index is 13.9. The van der Waals surface area contributed by atoms with Crippen LogP contribution in [0.25, 0.3) is 0 Å². The van der Waals surface area contributed by atoms with E-state index in [1.807, 2.05) is 33.8 Å². The summed E-state index contributed by atoms with van der Waals surface area (Å²) < 4.78 is 26.1. The third-order valence-corrected chi connectivity index (χ3v) is 6.42. The van der Waals surface area contributed by atoms with E-state index in [1.165, 1.54) is 18.2 Å². The number of carbonyl (C=O) groups excluding carboxylic acids is 1. The zero-order valence-electron chi connectivity index (χ0n) is 17.0. The third kappa shape index (κ3) is 3.21. The van der Waals surface area contributed by atoms with Crippen LogP contribution in [0.4, 0.5) is 10.1 Å². The number of nitrogens with one attached hydrogen (secondary N) is 2. The second-order valence-corrected chi connectivity index (χ2v) is 8.85. The second-order valence-electron chi connectivity index (χ2n) is 8.44. The Hall–Kier alpha value is -2.09. The summed E-state index contributed by atoms with van der Waals surface area (Å²) in [6, 6.07) is 7.28. The van der Waals surface area contributed by atoms with E-state index < -0.39 is 30.2 Å². The highest BCUT2D eigenvalue weighted by atomic mass is 35.5. The van der Waals surface area contributed by atoms with Crippen LogP contribution in [0.3, 0.4) is 0 Å². The van der Waals surface area contributed by atoms with E-state index in [2.05, 4.69) is 10.6 Å². The fourth-order valence-corrected chi connectivity index (χ4v) is 3.97. The molecule has 1 unspecified atom stereocenters. The van der Waals surface area contributed by atoms with Gasteiger partial charge in [-0.05, 0) is 63.5 Å². The molecule has 5 nitrogen and oxygen atoms in total. The summed E-state index contributed by atoms with van der Waals surface area (Å²) in [5.41, 5.74) is 2.23. The number of hydrogen-bond acceptors (Lipinski definition) is 4. The van der Waals surface area contributed by atoms with Crippen LogP contribution in [-0.4, -0.2) is 31.3 Å². The van der Waals surface area contributed by atoms with Crippen molar-refractivity contribution in [3.63, 3.8) is 0 Å². The Morgan fingerprint density at radius 1 is 1.14 bits per heavy atom. The summed E-state index contributed by atoms with van der Waals surface area (Å²) in [4.78, 5) is 12.8. The van der Waals surface area contributed by atoms with E-state index in [0.29, 0.717) is 16.1 Å². The van der Waals surface area contributed by atoms with Crippen molar-refractivity contribution in [2.45, 2.75) is 44.9 Å². The quantitative estimate of drug-likeness (QED) is 0.750. The molecule has 2 aromatic rings. The number of halogens is 2. The first-order chi connectivity index (χ1) is 13.5. The van der Waals surface area contributed by atoms with Gasteiger partial charge in [-0.3, -0.25) is 4.79 Å². The van der Waals surface area contributed by atoms with Crippen molar-refractivity contribution in [1.29, 1.82) is 0 Å². The van der Waals surface area contributed by atoms with E-state index in [0.717, 1.165) is 16.7 Å². The Morgan fingerprint density at radius 3 is 2.41 bits per heavy atom. The summed E-state index contributed by atoms with van der Waals surface area (Å²) >= 11 is 6.31. The Kier molecular flexibility index (Phi) is 4.68. The van der Waals surface area contributed by atoms with Crippen molar-refractivity contribution < 1.29 is 18.5 Å². The minimum absolute atomic E-state index is 0.250. The van der Waals surface area contributed by atoms with Crippen LogP contribution in [0.15, 0.2) is 30.3 Å². The lowest BCUT2D eigenvalue weighted by atomic mass is 9.76. The van der Waals surface area contributed by atoms with Crippen molar-refractivity contribution in [2.24, 2.45) is 0 Å². The summed E-state index contributed by atoms with van der Waals surface area (Å²) in [5.74, 6) is -0.660. The van der Waals surface area contributed by atoms with Gasteiger partial charge in [-0.1, -0.05) is 11.6 Å². The van der Waals surface area contributed by atoms with Crippen molar-refractivity contribution in [2.75, 3.05) is 12.4 Å². The van der Waals surface area contributed by atoms with Gasteiger partial charge < -0.3 is 19.9 Å². The molecular weight excluding hydrogens is 394 g/mol. The predicted molar refractivity (Wildman–Crippen MR) is 112 cm³/mol. The second kappa shape index (κ2) is 6.72. The number of anilines is 1.